The second-order valence-electron chi connectivity index (χ2n) is 14.3. The molecule has 0 amide bonds. The molecule has 0 fully saturated rings. The standard InChI is InChI=1S/C32H56N4O10S6/c1-10-33-21-24-19-27(47-29(24)49(37,38)22(3)4)51(41,42)36-15-17-46-32(8,9)13-16-45-31(6,7)12-14-35-52(43,44)28-20-25-26(34-11-2)18-23(5)50(39,40)30(25)48-28/h19-20,22-23,26,33-36H,10-18,21H2,1-9H3/t23-,26-/m0/s1. The molecular formula is C32H56N4O10S6. The van der Waals surface area contributed by atoms with Gasteiger partial charge in [-0.2, -0.15) is 0 Å². The van der Waals surface area contributed by atoms with E-state index in [1.165, 1.54) is 12.1 Å². The molecular weight excluding hydrogens is 793 g/mol. The summed E-state index contributed by atoms with van der Waals surface area (Å²) in [6.45, 7) is 17.8. The normalized spacial score (nSPS) is 18.6. The number of nitrogens with one attached hydrogen (secondary N) is 4. The number of sulfonamides is 2. The van der Waals surface area contributed by atoms with Gasteiger partial charge in [0, 0.05) is 31.2 Å². The number of rotatable bonds is 22. The average molecular weight is 849 g/mol. The highest BCUT2D eigenvalue weighted by molar-refractivity contribution is 7.96. The molecule has 2 aromatic heterocycles. The summed E-state index contributed by atoms with van der Waals surface area (Å²) in [6, 6.07) is 2.64. The third-order valence-corrected chi connectivity index (χ3v) is 20.4. The van der Waals surface area contributed by atoms with Crippen molar-refractivity contribution in [3.05, 3.63) is 23.3 Å². The van der Waals surface area contributed by atoms with E-state index in [4.69, 9.17) is 9.47 Å². The van der Waals surface area contributed by atoms with Gasteiger partial charge in [-0.15, -0.1) is 22.7 Å². The zero-order valence-corrected chi connectivity index (χ0v) is 36.4. The van der Waals surface area contributed by atoms with E-state index in [0.29, 0.717) is 43.5 Å². The molecule has 0 spiro atoms. The lowest BCUT2D eigenvalue weighted by atomic mass is 10.0. The van der Waals surface area contributed by atoms with Gasteiger partial charge >= 0.3 is 0 Å². The van der Waals surface area contributed by atoms with E-state index < -0.39 is 61.4 Å². The summed E-state index contributed by atoms with van der Waals surface area (Å²) in [5, 5.41) is 5.02. The van der Waals surface area contributed by atoms with E-state index in [0.717, 1.165) is 22.7 Å². The van der Waals surface area contributed by atoms with Crippen molar-refractivity contribution in [3.8, 4) is 0 Å². The van der Waals surface area contributed by atoms with E-state index >= 15 is 0 Å². The van der Waals surface area contributed by atoms with Gasteiger partial charge < -0.3 is 20.1 Å². The first-order chi connectivity index (χ1) is 23.9. The van der Waals surface area contributed by atoms with Gasteiger partial charge in [0.05, 0.1) is 34.9 Å². The second kappa shape index (κ2) is 17.8. The van der Waals surface area contributed by atoms with Crippen molar-refractivity contribution in [3.63, 3.8) is 0 Å². The molecule has 1 aliphatic rings. The maximum absolute atomic E-state index is 13.2. The van der Waals surface area contributed by atoms with Crippen LogP contribution in [0.2, 0.25) is 0 Å². The molecule has 300 valence electrons. The number of ether oxygens (including phenoxy) is 2. The monoisotopic (exact) mass is 848 g/mol. The van der Waals surface area contributed by atoms with Gasteiger partial charge in [-0.3, -0.25) is 0 Å². The van der Waals surface area contributed by atoms with Crippen LogP contribution in [0.1, 0.15) is 98.7 Å². The quantitative estimate of drug-likeness (QED) is 0.125. The highest BCUT2D eigenvalue weighted by atomic mass is 32.3. The van der Waals surface area contributed by atoms with Crippen molar-refractivity contribution in [1.82, 2.24) is 20.1 Å². The highest BCUT2D eigenvalue weighted by Gasteiger charge is 2.39. The van der Waals surface area contributed by atoms with E-state index in [1.807, 2.05) is 41.5 Å². The molecule has 52 heavy (non-hydrogen) atoms. The van der Waals surface area contributed by atoms with Gasteiger partial charge in [0.2, 0.25) is 20.0 Å². The molecule has 0 bridgehead atoms. The second-order valence-corrected chi connectivity index (χ2v) is 25.6. The van der Waals surface area contributed by atoms with Crippen molar-refractivity contribution >= 4 is 62.4 Å². The molecule has 0 unspecified atom stereocenters. The van der Waals surface area contributed by atoms with Crippen molar-refractivity contribution < 1.29 is 43.1 Å². The number of sulfone groups is 2. The van der Waals surface area contributed by atoms with Crippen LogP contribution in [0.4, 0.5) is 0 Å². The molecule has 3 rings (SSSR count). The summed E-state index contributed by atoms with van der Waals surface area (Å²) >= 11 is 1.53. The van der Waals surface area contributed by atoms with Gasteiger partial charge in [-0.05, 0) is 98.5 Å². The Morgan fingerprint density at radius 3 is 2.02 bits per heavy atom. The van der Waals surface area contributed by atoms with Crippen molar-refractivity contribution in [2.24, 2.45) is 0 Å². The van der Waals surface area contributed by atoms with E-state index in [1.54, 1.807) is 20.8 Å². The predicted molar refractivity (Wildman–Crippen MR) is 206 cm³/mol. The van der Waals surface area contributed by atoms with Crippen molar-refractivity contribution in [1.29, 1.82) is 0 Å². The predicted octanol–water partition coefficient (Wildman–Crippen LogP) is 3.95. The zero-order valence-electron chi connectivity index (χ0n) is 31.5. The SMILES string of the molecule is CCNCc1cc(S(=O)(=O)NCCOC(C)(C)CCOC(C)(C)CCNS(=O)(=O)c2cc3c(s2)S(=O)(=O)[C@@H](C)C[C@@H]3NCC)sc1S(=O)(=O)C(C)C. The van der Waals surface area contributed by atoms with Crippen LogP contribution < -0.4 is 20.1 Å². The Hall–Kier alpha value is -1.04. The van der Waals surface area contributed by atoms with E-state index in [9.17, 15) is 33.7 Å². The van der Waals surface area contributed by atoms with Gasteiger partial charge in [0.25, 0.3) is 0 Å². The Balaban J connectivity index is 1.49. The lowest BCUT2D eigenvalue weighted by Crippen LogP contribution is -2.35. The Kier molecular flexibility index (Phi) is 15.5. The lowest BCUT2D eigenvalue weighted by molar-refractivity contribution is -0.0723. The third-order valence-electron chi connectivity index (χ3n) is 8.71. The summed E-state index contributed by atoms with van der Waals surface area (Å²) < 4.78 is 121. The largest absolute Gasteiger partial charge is 0.375 e. The van der Waals surface area contributed by atoms with Crippen LogP contribution in [0, 0.1) is 0 Å². The average Bonchev–Trinajstić information content (AvgIpc) is 3.68. The van der Waals surface area contributed by atoms with Crippen LogP contribution in [0.25, 0.3) is 0 Å². The Bertz CT molecular complexity index is 1950. The van der Waals surface area contributed by atoms with Crippen molar-refractivity contribution in [2.45, 2.75) is 133 Å². The number of hydrogen-bond donors (Lipinski definition) is 4. The summed E-state index contributed by atoms with van der Waals surface area (Å²) in [7, 11) is -15.2. The first-order valence-corrected chi connectivity index (χ1v) is 25.0. The maximum Gasteiger partial charge on any atom is 0.250 e. The van der Waals surface area contributed by atoms with Crippen LogP contribution in [-0.2, 0) is 55.7 Å². The van der Waals surface area contributed by atoms with Gasteiger partial charge in [-0.25, -0.2) is 43.1 Å². The summed E-state index contributed by atoms with van der Waals surface area (Å²) in [4.78, 5) is 0. The van der Waals surface area contributed by atoms with Crippen LogP contribution in [-0.4, -0.2) is 94.8 Å². The molecule has 20 heteroatoms. The molecule has 4 N–H and O–H groups in total. The maximum atomic E-state index is 13.2. The van der Waals surface area contributed by atoms with Crippen molar-refractivity contribution in [2.75, 3.05) is 39.4 Å². The Morgan fingerprint density at radius 2 is 1.42 bits per heavy atom. The molecule has 2 atom stereocenters. The topological polar surface area (TPSA) is 203 Å². The number of fused-ring (bicyclic) bond motifs is 1. The molecule has 0 radical (unpaired) electrons. The lowest BCUT2D eigenvalue weighted by Gasteiger charge is -2.30. The van der Waals surface area contributed by atoms with E-state index in [2.05, 4.69) is 20.1 Å². The molecule has 3 heterocycles. The smallest absolute Gasteiger partial charge is 0.250 e. The highest BCUT2D eigenvalue weighted by Crippen LogP contribution is 2.42. The summed E-state index contributed by atoms with van der Waals surface area (Å²) in [5.41, 5.74) is -0.456. The summed E-state index contributed by atoms with van der Waals surface area (Å²) in [5.74, 6) is 0. The number of thiophene rings is 2. The summed E-state index contributed by atoms with van der Waals surface area (Å²) in [6.07, 6.45) is 1.18. The molecule has 2 aromatic rings. The first-order valence-electron chi connectivity index (χ1n) is 17.4. The van der Waals surface area contributed by atoms with Crippen LogP contribution in [0.5, 0.6) is 0 Å². The van der Waals surface area contributed by atoms with Crippen LogP contribution >= 0.6 is 22.7 Å². The number of hydrogen-bond acceptors (Lipinski definition) is 14. The van der Waals surface area contributed by atoms with Gasteiger partial charge in [0.15, 0.2) is 19.7 Å². The fraction of sp³-hybridized carbons (Fsp3) is 0.750. The Morgan fingerprint density at radius 1 is 0.846 bits per heavy atom. The molecule has 14 nitrogen and oxygen atoms in total. The molecule has 0 aliphatic carbocycles. The van der Waals surface area contributed by atoms with Gasteiger partial charge in [0.1, 0.15) is 16.8 Å². The van der Waals surface area contributed by atoms with Crippen LogP contribution in [0.15, 0.2) is 29.0 Å². The molecule has 0 saturated carbocycles. The fourth-order valence-corrected chi connectivity index (χ4v) is 15.2. The molecule has 0 aromatic carbocycles. The van der Waals surface area contributed by atoms with E-state index in [-0.39, 0.29) is 55.7 Å². The third kappa shape index (κ3) is 11.5. The molecule has 1 aliphatic heterocycles. The van der Waals surface area contributed by atoms with Gasteiger partial charge in [-0.1, -0.05) is 13.8 Å². The molecule has 0 saturated heterocycles. The minimum absolute atomic E-state index is 0.0289. The minimum atomic E-state index is -3.98. The van der Waals surface area contributed by atoms with Crippen LogP contribution in [0.3, 0.4) is 0 Å². The fourth-order valence-electron chi connectivity index (χ4n) is 5.38. The minimum Gasteiger partial charge on any atom is -0.375 e. The Labute approximate surface area is 319 Å². The first kappa shape index (κ1) is 45.4. The zero-order chi connectivity index (χ0) is 39.3.